The number of hydrogen-bond acceptors (Lipinski definition) is 2. The molecule has 0 amide bonds. The largest absolute Gasteiger partial charge is 0.481 e. The Morgan fingerprint density at radius 1 is 0.627 bits per heavy atom. The third-order valence-corrected chi connectivity index (χ3v) is 9.52. The summed E-state index contributed by atoms with van der Waals surface area (Å²) in [4.78, 5) is 2.24. The van der Waals surface area contributed by atoms with Crippen molar-refractivity contribution in [2.75, 3.05) is 4.90 Å². The van der Waals surface area contributed by atoms with Crippen molar-refractivity contribution >= 4 is 28.4 Å². The van der Waals surface area contributed by atoms with Crippen LogP contribution in [0.15, 0.2) is 195 Å². The molecule has 3 heteroatoms. The lowest BCUT2D eigenvalue weighted by Gasteiger charge is -2.28. The first-order valence-corrected chi connectivity index (χ1v) is 17.3. The van der Waals surface area contributed by atoms with Gasteiger partial charge in [-0.2, -0.15) is 0 Å². The van der Waals surface area contributed by atoms with Crippen LogP contribution < -0.4 is 9.64 Å². The number of rotatable bonds is 10. The number of fused-ring (bicyclic) bond motifs is 2. The Bertz CT molecular complexity index is 2400. The second kappa shape index (κ2) is 14.1. The minimum Gasteiger partial charge on any atom is -0.481 e. The maximum Gasteiger partial charge on any atom is 0.146 e. The van der Waals surface area contributed by atoms with E-state index >= 15 is 0 Å². The molecule has 3 nitrogen and oxygen atoms in total. The van der Waals surface area contributed by atoms with Gasteiger partial charge >= 0.3 is 0 Å². The monoisotopic (exact) mass is 658 g/mol. The molecule has 246 valence electrons. The highest BCUT2D eigenvalue weighted by atomic mass is 16.5. The summed E-state index contributed by atoms with van der Waals surface area (Å²) < 4.78 is 8.41. The molecule has 0 saturated carbocycles. The molecule has 0 N–H and O–H groups in total. The molecule has 0 saturated heterocycles. The van der Waals surface area contributed by atoms with Gasteiger partial charge in [0.05, 0.1) is 5.52 Å². The molecule has 51 heavy (non-hydrogen) atoms. The average molecular weight is 659 g/mol. The van der Waals surface area contributed by atoms with Gasteiger partial charge in [-0.1, -0.05) is 128 Å². The van der Waals surface area contributed by atoms with Gasteiger partial charge in [0.15, 0.2) is 0 Å². The van der Waals surface area contributed by atoms with Crippen LogP contribution in [0.5, 0.6) is 5.75 Å². The summed E-state index contributed by atoms with van der Waals surface area (Å²) in [7, 11) is 0. The normalized spacial score (nSPS) is 13.8. The van der Waals surface area contributed by atoms with E-state index in [2.05, 4.69) is 187 Å². The van der Waals surface area contributed by atoms with Gasteiger partial charge < -0.3 is 14.2 Å². The molecular weight excluding hydrogens is 621 g/mol. The quantitative estimate of drug-likeness (QED) is 0.136. The highest BCUT2D eigenvalue weighted by molar-refractivity contribution is 5.93. The topological polar surface area (TPSA) is 17.4 Å². The lowest BCUT2D eigenvalue weighted by atomic mass is 10.00. The number of allylic oxidation sites excluding steroid dienone is 4. The van der Waals surface area contributed by atoms with Crippen molar-refractivity contribution in [2.45, 2.75) is 13.0 Å². The van der Waals surface area contributed by atoms with E-state index in [1.165, 1.54) is 38.8 Å². The summed E-state index contributed by atoms with van der Waals surface area (Å²) in [5.74, 6) is 0.960. The van der Waals surface area contributed by atoms with Crippen LogP contribution in [0.2, 0.25) is 0 Å². The summed E-state index contributed by atoms with van der Waals surface area (Å²) in [5.41, 5.74) is 12.8. The van der Waals surface area contributed by atoms with Gasteiger partial charge in [-0.15, -0.1) is 0 Å². The van der Waals surface area contributed by atoms with Gasteiger partial charge in [-0.05, 0) is 101 Å². The molecule has 2 heterocycles. The predicted molar refractivity (Wildman–Crippen MR) is 215 cm³/mol. The summed E-state index contributed by atoms with van der Waals surface area (Å²) in [6, 6.07) is 53.6. The smallest absolute Gasteiger partial charge is 0.146 e. The Balaban J connectivity index is 1.16. The first-order chi connectivity index (χ1) is 25.2. The van der Waals surface area contributed by atoms with Crippen LogP contribution in [-0.4, -0.2) is 4.57 Å². The molecule has 7 aromatic rings. The van der Waals surface area contributed by atoms with E-state index in [0.29, 0.717) is 0 Å². The number of benzene rings is 6. The Morgan fingerprint density at radius 2 is 1.24 bits per heavy atom. The van der Waals surface area contributed by atoms with Crippen molar-refractivity contribution in [3.8, 4) is 33.7 Å². The summed E-state index contributed by atoms with van der Waals surface area (Å²) in [6.45, 7) is 6.04. The highest BCUT2D eigenvalue weighted by Crippen LogP contribution is 2.41. The van der Waals surface area contributed by atoms with Crippen molar-refractivity contribution in [3.05, 3.63) is 212 Å². The zero-order valence-electron chi connectivity index (χ0n) is 28.6. The van der Waals surface area contributed by atoms with E-state index in [-0.39, 0.29) is 6.10 Å². The first kappa shape index (κ1) is 31.7. The molecule has 0 fully saturated rings. The maximum absolute atomic E-state index is 6.06. The number of aromatic nitrogens is 1. The van der Waals surface area contributed by atoms with Crippen LogP contribution in [0.1, 0.15) is 22.9 Å². The van der Waals surface area contributed by atoms with Gasteiger partial charge in [0, 0.05) is 39.9 Å². The fourth-order valence-corrected chi connectivity index (χ4v) is 6.85. The van der Waals surface area contributed by atoms with Crippen LogP contribution in [0.25, 0.3) is 44.9 Å². The molecular formula is C48H38N2O. The average Bonchev–Trinajstić information content (AvgIpc) is 3.46. The van der Waals surface area contributed by atoms with E-state index in [4.69, 9.17) is 4.74 Å². The van der Waals surface area contributed by atoms with E-state index < -0.39 is 0 Å². The highest BCUT2D eigenvalue weighted by Gasteiger charge is 2.25. The lowest BCUT2D eigenvalue weighted by Crippen LogP contribution is -2.16. The van der Waals surface area contributed by atoms with Gasteiger partial charge in [-0.25, -0.2) is 0 Å². The third kappa shape index (κ3) is 6.34. The Labute approximate surface area is 300 Å². The van der Waals surface area contributed by atoms with Gasteiger partial charge in [0.1, 0.15) is 11.9 Å². The Kier molecular flexibility index (Phi) is 8.76. The predicted octanol–water partition coefficient (Wildman–Crippen LogP) is 12.8. The number of aryl methyl sites for hydroxylation is 1. The van der Waals surface area contributed by atoms with Crippen LogP contribution in [-0.2, 0) is 0 Å². The molecule has 0 radical (unpaired) electrons. The van der Waals surface area contributed by atoms with Gasteiger partial charge in [-0.3, -0.25) is 0 Å². The molecule has 8 rings (SSSR count). The Morgan fingerprint density at radius 3 is 1.92 bits per heavy atom. The van der Waals surface area contributed by atoms with Crippen LogP contribution in [0.4, 0.5) is 11.4 Å². The van der Waals surface area contributed by atoms with E-state index in [1.54, 1.807) is 6.08 Å². The van der Waals surface area contributed by atoms with E-state index in [0.717, 1.165) is 34.0 Å². The van der Waals surface area contributed by atoms with Crippen molar-refractivity contribution in [2.24, 2.45) is 0 Å². The SMILES string of the molecule is C=C/C=C\C=C/N(c1ccc(-c2ccc(-c3ccccc3)cc2)cc1)c1ccc2c(c1)c(C)c(/C=C\C1Oc3ccccc31)n2-c1ccccc1. The molecule has 1 aromatic heterocycles. The molecule has 6 aromatic carbocycles. The van der Waals surface area contributed by atoms with Crippen LogP contribution in [0.3, 0.4) is 0 Å². The zero-order chi connectivity index (χ0) is 34.6. The molecule has 0 bridgehead atoms. The van der Waals surface area contributed by atoms with Crippen molar-refractivity contribution in [3.63, 3.8) is 0 Å². The minimum absolute atomic E-state index is 0.0487. The van der Waals surface area contributed by atoms with E-state index in [9.17, 15) is 0 Å². The second-order valence-electron chi connectivity index (χ2n) is 12.6. The fourth-order valence-electron chi connectivity index (χ4n) is 6.85. The maximum atomic E-state index is 6.06. The molecule has 1 aliphatic rings. The first-order valence-electron chi connectivity index (χ1n) is 17.3. The second-order valence-corrected chi connectivity index (χ2v) is 12.6. The number of para-hydroxylation sites is 2. The summed E-state index contributed by atoms with van der Waals surface area (Å²) >= 11 is 0. The van der Waals surface area contributed by atoms with Gasteiger partial charge in [0.2, 0.25) is 0 Å². The van der Waals surface area contributed by atoms with Crippen molar-refractivity contribution < 1.29 is 4.74 Å². The number of hydrogen-bond donors (Lipinski definition) is 0. The van der Waals surface area contributed by atoms with Crippen molar-refractivity contribution in [1.29, 1.82) is 0 Å². The number of nitrogens with zero attached hydrogens (tertiary/aromatic N) is 2. The standard InChI is InChI=1S/C48H38N2O/c1-3-4-5-14-33-49(40-27-25-39(26-28-40)38-23-21-37(22-24-38)36-15-8-6-9-16-36)42-29-30-46-44(34-42)35(2)45(50(46)41-17-10-7-11-18-41)31-32-48-43-19-12-13-20-47(43)51-48/h3-34,48H,1H2,2H3/b5-4-,32-31-,33-14-. The van der Waals surface area contributed by atoms with Crippen molar-refractivity contribution in [1.82, 2.24) is 4.57 Å². The molecule has 0 aliphatic carbocycles. The number of anilines is 2. The summed E-state index contributed by atoms with van der Waals surface area (Å²) in [5, 5.41) is 1.20. The molecule has 1 unspecified atom stereocenters. The molecule has 1 aliphatic heterocycles. The number of ether oxygens (including phenoxy) is 1. The molecule has 1 atom stereocenters. The Hall–Kier alpha value is -6.58. The zero-order valence-corrected chi connectivity index (χ0v) is 28.6. The lowest BCUT2D eigenvalue weighted by molar-refractivity contribution is 0.194. The van der Waals surface area contributed by atoms with Gasteiger partial charge in [0.25, 0.3) is 0 Å². The van der Waals surface area contributed by atoms with E-state index in [1.807, 2.05) is 24.3 Å². The fraction of sp³-hybridized carbons (Fsp3) is 0.0417. The molecule has 0 spiro atoms. The van der Waals surface area contributed by atoms with Crippen LogP contribution >= 0.6 is 0 Å². The third-order valence-electron chi connectivity index (χ3n) is 9.52. The van der Waals surface area contributed by atoms with Crippen LogP contribution in [0, 0.1) is 6.92 Å². The summed E-state index contributed by atoms with van der Waals surface area (Å²) in [6.07, 6.45) is 14.2. The minimum atomic E-state index is -0.0487.